The summed E-state index contributed by atoms with van der Waals surface area (Å²) in [5, 5.41) is 6.54. The molecule has 0 spiro atoms. The highest BCUT2D eigenvalue weighted by molar-refractivity contribution is 6.33. The fourth-order valence-electron chi connectivity index (χ4n) is 5.96. The van der Waals surface area contributed by atoms with Crippen LogP contribution in [0.25, 0.3) is 0 Å². The maximum absolute atomic E-state index is 12.9. The third-order valence-electron chi connectivity index (χ3n) is 6.78. The number of carbonyl (C=O) groups is 2. The van der Waals surface area contributed by atoms with E-state index in [-0.39, 0.29) is 17.2 Å². The highest BCUT2D eigenvalue weighted by atomic mass is 35.5. The summed E-state index contributed by atoms with van der Waals surface area (Å²) in [6.07, 6.45) is 8.29. The van der Waals surface area contributed by atoms with Crippen LogP contribution in [0.3, 0.4) is 0 Å². The minimum Gasteiger partial charge on any atom is -0.356 e. The molecule has 0 saturated heterocycles. The quantitative estimate of drug-likeness (QED) is 0.694. The SMILES string of the molecule is Cc1ccc(NC(=O)CCCNC(=O)C23CC4CC(CC(C4)C2)C3)c(Cl)c1. The van der Waals surface area contributed by atoms with Gasteiger partial charge < -0.3 is 10.6 Å². The Bertz CT molecular complexity index is 711. The fourth-order valence-corrected chi connectivity index (χ4v) is 6.24. The predicted octanol–water partition coefficient (Wildman–Crippen LogP) is 4.70. The van der Waals surface area contributed by atoms with Gasteiger partial charge in [0.1, 0.15) is 0 Å². The van der Waals surface area contributed by atoms with Crippen LogP contribution < -0.4 is 10.6 Å². The number of aryl methyl sites for hydroxylation is 1. The Hall–Kier alpha value is -1.55. The molecule has 1 aromatic carbocycles. The molecule has 4 aliphatic carbocycles. The summed E-state index contributed by atoms with van der Waals surface area (Å²) >= 11 is 6.15. The van der Waals surface area contributed by atoms with E-state index >= 15 is 0 Å². The Kier molecular flexibility index (Phi) is 5.19. The fraction of sp³-hybridized carbons (Fsp3) is 0.636. The first kappa shape index (κ1) is 18.8. The Morgan fingerprint density at radius 3 is 2.33 bits per heavy atom. The van der Waals surface area contributed by atoms with E-state index in [0.29, 0.717) is 30.1 Å². The molecule has 4 saturated carbocycles. The topological polar surface area (TPSA) is 58.2 Å². The second-order valence-corrected chi connectivity index (χ2v) is 9.50. The van der Waals surface area contributed by atoms with E-state index in [9.17, 15) is 9.59 Å². The summed E-state index contributed by atoms with van der Waals surface area (Å²) < 4.78 is 0. The number of anilines is 1. The van der Waals surface area contributed by atoms with Crippen LogP contribution in [-0.4, -0.2) is 18.4 Å². The van der Waals surface area contributed by atoms with Gasteiger partial charge >= 0.3 is 0 Å². The summed E-state index contributed by atoms with van der Waals surface area (Å²) in [7, 11) is 0. The molecular weight excluding hydrogens is 360 g/mol. The molecule has 0 heterocycles. The number of carbonyl (C=O) groups excluding carboxylic acids is 2. The second kappa shape index (κ2) is 7.46. The van der Waals surface area contributed by atoms with Crippen molar-refractivity contribution in [2.45, 2.75) is 58.3 Å². The molecule has 2 amide bonds. The zero-order chi connectivity index (χ0) is 19.0. The normalized spacial score (nSPS) is 31.0. The standard InChI is InChI=1S/C22H29ClN2O2/c1-14-4-5-19(18(23)7-14)25-20(26)3-2-6-24-21(27)22-11-15-8-16(12-22)10-17(9-15)13-22/h4-5,7,15-17H,2-3,6,8-13H2,1H3,(H,24,27)(H,25,26). The smallest absolute Gasteiger partial charge is 0.226 e. The molecule has 0 radical (unpaired) electrons. The molecule has 5 rings (SSSR count). The van der Waals surface area contributed by atoms with E-state index in [2.05, 4.69) is 10.6 Å². The molecule has 4 bridgehead atoms. The first-order chi connectivity index (χ1) is 12.9. The third-order valence-corrected chi connectivity index (χ3v) is 7.10. The average Bonchev–Trinajstić information content (AvgIpc) is 2.60. The van der Waals surface area contributed by atoms with Crippen molar-refractivity contribution in [2.24, 2.45) is 23.2 Å². The molecule has 146 valence electrons. The molecule has 5 heteroatoms. The molecule has 0 aliphatic heterocycles. The number of amides is 2. The van der Waals surface area contributed by atoms with E-state index in [1.54, 1.807) is 0 Å². The van der Waals surface area contributed by atoms with Crippen molar-refractivity contribution in [2.75, 3.05) is 11.9 Å². The molecule has 0 atom stereocenters. The zero-order valence-electron chi connectivity index (χ0n) is 16.0. The Labute approximate surface area is 166 Å². The third kappa shape index (κ3) is 4.01. The highest BCUT2D eigenvalue weighted by Gasteiger charge is 2.54. The van der Waals surface area contributed by atoms with Crippen LogP contribution in [0, 0.1) is 30.1 Å². The summed E-state index contributed by atoms with van der Waals surface area (Å²) in [5.74, 6) is 2.49. The molecule has 4 nitrogen and oxygen atoms in total. The van der Waals surface area contributed by atoms with Crippen LogP contribution in [-0.2, 0) is 9.59 Å². The molecule has 27 heavy (non-hydrogen) atoms. The molecule has 0 unspecified atom stereocenters. The van der Waals surface area contributed by atoms with Crippen LogP contribution in [0.4, 0.5) is 5.69 Å². The van der Waals surface area contributed by atoms with Crippen molar-refractivity contribution < 1.29 is 9.59 Å². The van der Waals surface area contributed by atoms with Gasteiger partial charge in [-0.25, -0.2) is 0 Å². The number of nitrogens with one attached hydrogen (secondary N) is 2. The van der Waals surface area contributed by atoms with Crippen molar-refractivity contribution in [1.82, 2.24) is 5.32 Å². The zero-order valence-corrected chi connectivity index (χ0v) is 16.8. The van der Waals surface area contributed by atoms with Crippen LogP contribution >= 0.6 is 11.6 Å². The Balaban J connectivity index is 1.22. The average molecular weight is 389 g/mol. The van der Waals surface area contributed by atoms with Gasteiger partial charge in [-0.15, -0.1) is 0 Å². The first-order valence-corrected chi connectivity index (χ1v) is 10.7. The van der Waals surface area contributed by atoms with Crippen molar-refractivity contribution in [3.05, 3.63) is 28.8 Å². The van der Waals surface area contributed by atoms with Gasteiger partial charge in [0.15, 0.2) is 0 Å². The van der Waals surface area contributed by atoms with Gasteiger partial charge in [0.25, 0.3) is 0 Å². The van der Waals surface area contributed by atoms with Gasteiger partial charge in [0, 0.05) is 18.4 Å². The summed E-state index contributed by atoms with van der Waals surface area (Å²) in [6, 6.07) is 5.58. The lowest BCUT2D eigenvalue weighted by Crippen LogP contribution is -2.53. The van der Waals surface area contributed by atoms with E-state index in [0.717, 1.165) is 42.6 Å². The summed E-state index contributed by atoms with van der Waals surface area (Å²) in [4.78, 5) is 25.0. The number of benzene rings is 1. The van der Waals surface area contributed by atoms with E-state index in [1.807, 2.05) is 25.1 Å². The largest absolute Gasteiger partial charge is 0.356 e. The minimum absolute atomic E-state index is 0.0650. The van der Waals surface area contributed by atoms with Gasteiger partial charge in [0.05, 0.1) is 10.7 Å². The number of rotatable bonds is 6. The van der Waals surface area contributed by atoms with Crippen molar-refractivity contribution >= 4 is 29.1 Å². The number of hydrogen-bond donors (Lipinski definition) is 2. The van der Waals surface area contributed by atoms with Crippen molar-refractivity contribution in [1.29, 1.82) is 0 Å². The second-order valence-electron chi connectivity index (χ2n) is 9.09. The monoisotopic (exact) mass is 388 g/mol. The lowest BCUT2D eigenvalue weighted by Gasteiger charge is -2.55. The van der Waals surface area contributed by atoms with Gasteiger partial charge in [-0.05, 0) is 87.3 Å². The van der Waals surface area contributed by atoms with E-state index < -0.39 is 0 Å². The summed E-state index contributed by atoms with van der Waals surface area (Å²) in [5.41, 5.74) is 1.60. The molecule has 4 fully saturated rings. The van der Waals surface area contributed by atoms with Crippen molar-refractivity contribution in [3.8, 4) is 0 Å². The minimum atomic E-state index is -0.105. The molecule has 0 aromatic heterocycles. The van der Waals surface area contributed by atoms with E-state index in [4.69, 9.17) is 11.6 Å². The van der Waals surface area contributed by atoms with Crippen LogP contribution in [0.5, 0.6) is 0 Å². The predicted molar refractivity (Wildman–Crippen MR) is 108 cm³/mol. The Morgan fingerprint density at radius 1 is 1.11 bits per heavy atom. The maximum atomic E-state index is 12.9. The van der Waals surface area contributed by atoms with Gasteiger partial charge in [-0.1, -0.05) is 17.7 Å². The van der Waals surface area contributed by atoms with Crippen molar-refractivity contribution in [3.63, 3.8) is 0 Å². The number of halogens is 1. The first-order valence-electron chi connectivity index (χ1n) is 10.3. The number of hydrogen-bond acceptors (Lipinski definition) is 2. The van der Waals surface area contributed by atoms with Gasteiger partial charge in [-0.2, -0.15) is 0 Å². The van der Waals surface area contributed by atoms with Gasteiger partial charge in [-0.3, -0.25) is 9.59 Å². The van der Waals surface area contributed by atoms with Crippen LogP contribution in [0.2, 0.25) is 5.02 Å². The van der Waals surface area contributed by atoms with Gasteiger partial charge in [0.2, 0.25) is 11.8 Å². The molecule has 2 N–H and O–H groups in total. The molecule has 4 aliphatic rings. The molecule has 1 aromatic rings. The highest BCUT2D eigenvalue weighted by Crippen LogP contribution is 2.60. The lowest BCUT2D eigenvalue weighted by atomic mass is 9.49. The van der Waals surface area contributed by atoms with Crippen LogP contribution in [0.1, 0.15) is 56.9 Å². The molecular formula is C22H29ClN2O2. The summed E-state index contributed by atoms with van der Waals surface area (Å²) in [6.45, 7) is 2.53. The van der Waals surface area contributed by atoms with E-state index in [1.165, 1.54) is 19.3 Å². The Morgan fingerprint density at radius 2 is 1.74 bits per heavy atom. The lowest BCUT2D eigenvalue weighted by molar-refractivity contribution is -0.146. The maximum Gasteiger partial charge on any atom is 0.226 e. The van der Waals surface area contributed by atoms with Crippen LogP contribution in [0.15, 0.2) is 18.2 Å².